The van der Waals surface area contributed by atoms with Gasteiger partial charge in [-0.05, 0) is 19.4 Å². The summed E-state index contributed by atoms with van der Waals surface area (Å²) in [4.78, 5) is 30.4. The monoisotopic (exact) mass is 328 g/mol. The van der Waals surface area contributed by atoms with Crippen LogP contribution < -0.4 is 5.32 Å². The maximum Gasteiger partial charge on any atom is 0.325 e. The molecule has 7 heteroatoms. The van der Waals surface area contributed by atoms with Gasteiger partial charge in [0.2, 0.25) is 5.89 Å². The van der Waals surface area contributed by atoms with Crippen molar-refractivity contribution in [3.63, 3.8) is 0 Å². The fourth-order valence-electron chi connectivity index (χ4n) is 2.63. The van der Waals surface area contributed by atoms with E-state index in [1.165, 1.54) is 0 Å². The molecule has 0 radical (unpaired) electrons. The Hall–Kier alpha value is -2.70. The highest BCUT2D eigenvalue weighted by Gasteiger charge is 2.49. The van der Waals surface area contributed by atoms with Crippen molar-refractivity contribution in [3.8, 4) is 0 Å². The Bertz CT molecular complexity index is 781. The van der Waals surface area contributed by atoms with Crippen LogP contribution in [0.2, 0.25) is 0 Å². The molecule has 1 fully saturated rings. The fraction of sp³-hybridized carbons (Fsp3) is 0.412. The third-order valence-corrected chi connectivity index (χ3v) is 4.20. The minimum absolute atomic E-state index is 0.0359. The summed E-state index contributed by atoms with van der Waals surface area (Å²) in [6.07, 6.45) is 0. The van der Waals surface area contributed by atoms with Gasteiger partial charge in [-0.25, -0.2) is 4.79 Å². The molecule has 7 nitrogen and oxygen atoms in total. The fourth-order valence-corrected chi connectivity index (χ4v) is 2.63. The number of nitrogens with one attached hydrogen (secondary N) is 1. The first-order valence-electron chi connectivity index (χ1n) is 7.85. The second-order valence-corrected chi connectivity index (χ2v) is 6.51. The molecule has 0 aliphatic carbocycles. The van der Waals surface area contributed by atoms with E-state index in [0.717, 1.165) is 16.0 Å². The molecule has 2 aromatic rings. The van der Waals surface area contributed by atoms with Gasteiger partial charge in [0, 0.05) is 5.92 Å². The molecule has 3 amide bonds. The first-order valence-corrected chi connectivity index (χ1v) is 7.85. The lowest BCUT2D eigenvalue weighted by Gasteiger charge is -2.22. The summed E-state index contributed by atoms with van der Waals surface area (Å²) >= 11 is 0. The van der Waals surface area contributed by atoms with Crippen molar-refractivity contribution in [2.24, 2.45) is 0 Å². The Balaban J connectivity index is 1.84. The van der Waals surface area contributed by atoms with E-state index in [0.29, 0.717) is 5.82 Å². The van der Waals surface area contributed by atoms with Crippen molar-refractivity contribution in [2.45, 2.75) is 45.7 Å². The number of aryl methyl sites for hydroxylation is 1. The topological polar surface area (TPSA) is 88.3 Å². The van der Waals surface area contributed by atoms with Crippen LogP contribution in [0.4, 0.5) is 4.79 Å². The van der Waals surface area contributed by atoms with Crippen molar-refractivity contribution in [3.05, 3.63) is 47.1 Å². The van der Waals surface area contributed by atoms with Crippen molar-refractivity contribution in [1.82, 2.24) is 20.4 Å². The van der Waals surface area contributed by atoms with Crippen LogP contribution in [-0.4, -0.2) is 27.0 Å². The highest BCUT2D eigenvalue weighted by molar-refractivity contribution is 6.07. The molecule has 126 valence electrons. The van der Waals surface area contributed by atoms with Gasteiger partial charge in [0.15, 0.2) is 5.82 Å². The van der Waals surface area contributed by atoms with E-state index in [2.05, 4.69) is 15.5 Å². The van der Waals surface area contributed by atoms with Gasteiger partial charge in [-0.1, -0.05) is 48.8 Å². The predicted molar refractivity (Wildman–Crippen MR) is 86.0 cm³/mol. The normalized spacial score (nSPS) is 20.8. The zero-order valence-corrected chi connectivity index (χ0v) is 14.2. The summed E-state index contributed by atoms with van der Waals surface area (Å²) < 4.78 is 5.14. The minimum Gasteiger partial charge on any atom is -0.337 e. The number of hydrogen-bond donors (Lipinski definition) is 1. The zero-order chi connectivity index (χ0) is 17.5. The SMILES string of the molecule is Cc1ccc(C2(C)NC(=O)N(Cc3nc(C(C)C)no3)C2=O)cc1. The third-order valence-electron chi connectivity index (χ3n) is 4.20. The van der Waals surface area contributed by atoms with Crippen LogP contribution in [0.25, 0.3) is 0 Å². The van der Waals surface area contributed by atoms with E-state index < -0.39 is 11.6 Å². The van der Waals surface area contributed by atoms with Crippen LogP contribution in [0, 0.1) is 6.92 Å². The Morgan fingerprint density at radius 2 is 1.92 bits per heavy atom. The largest absolute Gasteiger partial charge is 0.337 e. The smallest absolute Gasteiger partial charge is 0.325 e. The number of hydrogen-bond acceptors (Lipinski definition) is 5. The average Bonchev–Trinajstić information content (AvgIpc) is 3.08. The molecule has 1 saturated heterocycles. The molecule has 0 saturated carbocycles. The number of carbonyl (C=O) groups excluding carboxylic acids is 2. The van der Waals surface area contributed by atoms with Gasteiger partial charge in [0.25, 0.3) is 5.91 Å². The molecule has 3 rings (SSSR count). The summed E-state index contributed by atoms with van der Waals surface area (Å²) in [7, 11) is 0. The maximum absolute atomic E-state index is 12.8. The summed E-state index contributed by atoms with van der Waals surface area (Å²) in [5.41, 5.74) is 0.733. The Kier molecular flexibility index (Phi) is 3.87. The van der Waals surface area contributed by atoms with E-state index >= 15 is 0 Å². The first-order chi connectivity index (χ1) is 11.3. The maximum atomic E-state index is 12.8. The van der Waals surface area contributed by atoms with Gasteiger partial charge in [-0.3, -0.25) is 9.69 Å². The Morgan fingerprint density at radius 1 is 1.25 bits per heavy atom. The van der Waals surface area contributed by atoms with Gasteiger partial charge in [0.05, 0.1) is 0 Å². The van der Waals surface area contributed by atoms with Gasteiger partial charge in [0.1, 0.15) is 12.1 Å². The van der Waals surface area contributed by atoms with Crippen molar-refractivity contribution < 1.29 is 14.1 Å². The number of carbonyl (C=O) groups is 2. The quantitative estimate of drug-likeness (QED) is 0.871. The number of amides is 3. The van der Waals surface area contributed by atoms with Crippen molar-refractivity contribution >= 4 is 11.9 Å². The second-order valence-electron chi connectivity index (χ2n) is 6.51. The lowest BCUT2D eigenvalue weighted by Crippen LogP contribution is -2.40. The van der Waals surface area contributed by atoms with Gasteiger partial charge < -0.3 is 9.84 Å². The van der Waals surface area contributed by atoms with E-state index in [4.69, 9.17) is 4.52 Å². The van der Waals surface area contributed by atoms with Crippen LogP contribution in [0.1, 0.15) is 49.5 Å². The summed E-state index contributed by atoms with van der Waals surface area (Å²) in [6.45, 7) is 7.51. The molecule has 0 bridgehead atoms. The molecule has 1 aromatic carbocycles. The van der Waals surface area contributed by atoms with Crippen LogP contribution in [0.15, 0.2) is 28.8 Å². The lowest BCUT2D eigenvalue weighted by atomic mass is 9.91. The molecular formula is C17H20N4O3. The predicted octanol–water partition coefficient (Wildman–Crippen LogP) is 2.47. The van der Waals surface area contributed by atoms with Crippen LogP contribution in [0.5, 0.6) is 0 Å². The molecule has 1 aliphatic heterocycles. The van der Waals surface area contributed by atoms with Gasteiger partial charge in [-0.15, -0.1) is 0 Å². The Morgan fingerprint density at radius 3 is 2.50 bits per heavy atom. The summed E-state index contributed by atoms with van der Waals surface area (Å²) in [6, 6.07) is 7.05. The molecule has 1 atom stereocenters. The molecule has 1 aromatic heterocycles. The first kappa shape index (κ1) is 16.2. The number of urea groups is 1. The van der Waals surface area contributed by atoms with Crippen LogP contribution in [0.3, 0.4) is 0 Å². The highest BCUT2D eigenvalue weighted by atomic mass is 16.5. The third kappa shape index (κ3) is 2.66. The standard InChI is InChI=1S/C17H20N4O3/c1-10(2)14-18-13(24-20-14)9-21-15(22)17(4,19-16(21)23)12-7-5-11(3)6-8-12/h5-8,10H,9H2,1-4H3,(H,19,23). The van der Waals surface area contributed by atoms with E-state index in [1.807, 2.05) is 45.0 Å². The number of imide groups is 1. The molecule has 2 heterocycles. The second kappa shape index (κ2) is 5.74. The van der Waals surface area contributed by atoms with Gasteiger partial charge in [-0.2, -0.15) is 4.98 Å². The number of nitrogens with zero attached hydrogens (tertiary/aromatic N) is 3. The lowest BCUT2D eigenvalue weighted by molar-refractivity contribution is -0.131. The average molecular weight is 328 g/mol. The molecular weight excluding hydrogens is 308 g/mol. The van der Waals surface area contributed by atoms with Crippen LogP contribution >= 0.6 is 0 Å². The molecule has 1 aliphatic rings. The van der Waals surface area contributed by atoms with Gasteiger partial charge >= 0.3 is 6.03 Å². The number of aromatic nitrogens is 2. The molecule has 1 unspecified atom stereocenters. The van der Waals surface area contributed by atoms with E-state index in [-0.39, 0.29) is 24.3 Å². The van der Waals surface area contributed by atoms with Crippen molar-refractivity contribution in [1.29, 1.82) is 0 Å². The molecule has 24 heavy (non-hydrogen) atoms. The number of rotatable bonds is 4. The molecule has 0 spiro atoms. The van der Waals surface area contributed by atoms with E-state index in [9.17, 15) is 9.59 Å². The van der Waals surface area contributed by atoms with E-state index in [1.54, 1.807) is 6.92 Å². The zero-order valence-electron chi connectivity index (χ0n) is 14.2. The van der Waals surface area contributed by atoms with Crippen molar-refractivity contribution in [2.75, 3.05) is 0 Å². The number of benzene rings is 1. The van der Waals surface area contributed by atoms with Crippen LogP contribution in [-0.2, 0) is 16.9 Å². The highest BCUT2D eigenvalue weighted by Crippen LogP contribution is 2.29. The Labute approximate surface area is 140 Å². The summed E-state index contributed by atoms with van der Waals surface area (Å²) in [5, 5.41) is 6.62. The summed E-state index contributed by atoms with van der Waals surface area (Å²) in [5.74, 6) is 0.581. The minimum atomic E-state index is -1.09. The molecule has 1 N–H and O–H groups in total.